The zero-order valence-corrected chi connectivity index (χ0v) is 14.1. The van der Waals surface area contributed by atoms with Crippen molar-refractivity contribution in [3.8, 4) is 0 Å². The molecule has 0 unspecified atom stereocenters. The van der Waals surface area contributed by atoms with Crippen LogP contribution in [0.2, 0.25) is 0 Å². The molecule has 1 amide bonds. The standard InChI is InChI=1S/C18H22N2O4/c1-4-20-12(2)17(14-10-13(11-21)7-8-15(14)20)18(23)19-9-5-6-16(22)24-3/h5-8,10,21H,4,9,11H2,1-3H3,(H,19,23)/b6-5+. The maximum atomic E-state index is 12.6. The number of rotatable bonds is 6. The molecule has 0 aliphatic carbocycles. The number of benzene rings is 1. The van der Waals surface area contributed by atoms with E-state index in [1.807, 2.05) is 32.0 Å². The number of methoxy groups -OCH3 is 1. The zero-order chi connectivity index (χ0) is 17.7. The van der Waals surface area contributed by atoms with Gasteiger partial charge in [-0.05, 0) is 31.5 Å². The van der Waals surface area contributed by atoms with Crippen LogP contribution in [0.3, 0.4) is 0 Å². The second kappa shape index (κ2) is 7.79. The largest absolute Gasteiger partial charge is 0.466 e. The van der Waals surface area contributed by atoms with Gasteiger partial charge in [0.25, 0.3) is 5.91 Å². The summed E-state index contributed by atoms with van der Waals surface area (Å²) in [4.78, 5) is 23.6. The van der Waals surface area contributed by atoms with Gasteiger partial charge in [0, 0.05) is 35.8 Å². The predicted molar refractivity (Wildman–Crippen MR) is 91.8 cm³/mol. The first-order chi connectivity index (χ1) is 11.5. The van der Waals surface area contributed by atoms with E-state index in [1.165, 1.54) is 19.3 Å². The lowest BCUT2D eigenvalue weighted by Crippen LogP contribution is -2.24. The number of hydrogen-bond donors (Lipinski definition) is 2. The number of carbonyl (C=O) groups excluding carboxylic acids is 2. The molecule has 1 aromatic carbocycles. The van der Waals surface area contributed by atoms with E-state index in [2.05, 4.69) is 14.6 Å². The highest BCUT2D eigenvalue weighted by atomic mass is 16.5. The van der Waals surface area contributed by atoms with E-state index in [0.717, 1.165) is 28.7 Å². The lowest BCUT2D eigenvalue weighted by Gasteiger charge is -2.05. The Balaban J connectivity index is 2.32. The minimum atomic E-state index is -0.462. The van der Waals surface area contributed by atoms with Gasteiger partial charge in [-0.25, -0.2) is 4.79 Å². The van der Waals surface area contributed by atoms with E-state index in [4.69, 9.17) is 0 Å². The lowest BCUT2D eigenvalue weighted by atomic mass is 10.1. The van der Waals surface area contributed by atoms with Gasteiger partial charge >= 0.3 is 5.97 Å². The molecule has 0 fully saturated rings. The van der Waals surface area contributed by atoms with Crippen LogP contribution in [0.4, 0.5) is 0 Å². The predicted octanol–water partition coefficient (Wildman–Crippen LogP) is 1.92. The molecule has 128 valence electrons. The molecule has 24 heavy (non-hydrogen) atoms. The minimum Gasteiger partial charge on any atom is -0.466 e. The summed E-state index contributed by atoms with van der Waals surface area (Å²) in [6, 6.07) is 5.62. The first kappa shape index (κ1) is 17.7. The number of esters is 1. The Kier molecular flexibility index (Phi) is 5.76. The van der Waals surface area contributed by atoms with Crippen LogP contribution in [-0.2, 0) is 22.7 Å². The van der Waals surface area contributed by atoms with Crippen molar-refractivity contribution in [3.63, 3.8) is 0 Å². The monoisotopic (exact) mass is 330 g/mol. The zero-order valence-electron chi connectivity index (χ0n) is 14.1. The second-order valence-corrected chi connectivity index (χ2v) is 5.35. The van der Waals surface area contributed by atoms with Gasteiger partial charge < -0.3 is 19.7 Å². The molecule has 1 aromatic heterocycles. The van der Waals surface area contributed by atoms with E-state index in [-0.39, 0.29) is 19.1 Å². The SMILES string of the molecule is CCn1c(C)c(C(=O)NC/C=C/C(=O)OC)c2cc(CO)ccc21. The average molecular weight is 330 g/mol. The van der Waals surface area contributed by atoms with Gasteiger partial charge in [-0.3, -0.25) is 4.79 Å². The molecule has 0 saturated heterocycles. The molecule has 2 rings (SSSR count). The van der Waals surface area contributed by atoms with E-state index in [0.29, 0.717) is 5.56 Å². The summed E-state index contributed by atoms with van der Waals surface area (Å²) >= 11 is 0. The number of nitrogens with zero attached hydrogens (tertiary/aromatic N) is 1. The molecule has 1 heterocycles. The van der Waals surface area contributed by atoms with Crippen molar-refractivity contribution in [1.29, 1.82) is 0 Å². The molecule has 0 aliphatic heterocycles. The van der Waals surface area contributed by atoms with Gasteiger partial charge in [0.05, 0.1) is 19.3 Å². The summed E-state index contributed by atoms with van der Waals surface area (Å²) in [5, 5.41) is 12.9. The number of carbonyl (C=O) groups is 2. The van der Waals surface area contributed by atoms with Crippen LogP contribution in [0, 0.1) is 6.92 Å². The number of hydrogen-bond acceptors (Lipinski definition) is 4. The molecular formula is C18H22N2O4. The van der Waals surface area contributed by atoms with Crippen molar-refractivity contribution in [2.75, 3.05) is 13.7 Å². The fourth-order valence-corrected chi connectivity index (χ4v) is 2.79. The molecule has 6 nitrogen and oxygen atoms in total. The number of aliphatic hydroxyl groups excluding tert-OH is 1. The summed E-state index contributed by atoms with van der Waals surface area (Å²) in [5.41, 5.74) is 3.18. The molecule has 6 heteroatoms. The van der Waals surface area contributed by atoms with E-state index >= 15 is 0 Å². The van der Waals surface area contributed by atoms with Crippen LogP contribution in [0.25, 0.3) is 10.9 Å². The summed E-state index contributed by atoms with van der Waals surface area (Å²) in [6.45, 7) is 4.83. The fourth-order valence-electron chi connectivity index (χ4n) is 2.79. The van der Waals surface area contributed by atoms with Gasteiger partial charge in [-0.15, -0.1) is 0 Å². The highest BCUT2D eigenvalue weighted by molar-refractivity contribution is 6.08. The first-order valence-corrected chi connectivity index (χ1v) is 7.78. The number of amides is 1. The molecule has 0 aliphatic rings. The summed E-state index contributed by atoms with van der Waals surface area (Å²) < 4.78 is 6.56. The normalized spacial score (nSPS) is 11.2. The molecule has 0 radical (unpaired) electrons. The van der Waals surface area contributed by atoms with Crippen molar-refractivity contribution in [2.45, 2.75) is 27.0 Å². The Morgan fingerprint density at radius 3 is 2.75 bits per heavy atom. The number of aliphatic hydroxyl groups is 1. The minimum absolute atomic E-state index is 0.0742. The van der Waals surface area contributed by atoms with Crippen LogP contribution in [0.5, 0.6) is 0 Å². The average Bonchev–Trinajstić information content (AvgIpc) is 2.88. The first-order valence-electron chi connectivity index (χ1n) is 7.78. The van der Waals surface area contributed by atoms with Crippen LogP contribution in [0.15, 0.2) is 30.4 Å². The highest BCUT2D eigenvalue weighted by Crippen LogP contribution is 2.27. The van der Waals surface area contributed by atoms with Crippen molar-refractivity contribution < 1.29 is 19.4 Å². The Morgan fingerprint density at radius 1 is 1.38 bits per heavy atom. The van der Waals surface area contributed by atoms with Gasteiger partial charge in [0.2, 0.25) is 0 Å². The molecule has 0 atom stereocenters. The number of aromatic nitrogens is 1. The third kappa shape index (κ3) is 3.49. The third-order valence-corrected chi connectivity index (χ3v) is 3.95. The molecular weight excluding hydrogens is 308 g/mol. The maximum absolute atomic E-state index is 12.6. The lowest BCUT2D eigenvalue weighted by molar-refractivity contribution is -0.134. The molecule has 0 saturated carbocycles. The topological polar surface area (TPSA) is 80.6 Å². The number of ether oxygens (including phenoxy) is 1. The Bertz CT molecular complexity index is 790. The smallest absolute Gasteiger partial charge is 0.330 e. The van der Waals surface area contributed by atoms with Crippen molar-refractivity contribution >= 4 is 22.8 Å². The maximum Gasteiger partial charge on any atom is 0.330 e. The van der Waals surface area contributed by atoms with Crippen molar-refractivity contribution in [2.24, 2.45) is 0 Å². The summed E-state index contributed by atoms with van der Waals surface area (Å²) in [5.74, 6) is -0.676. The van der Waals surface area contributed by atoms with Gasteiger partial charge in [-0.1, -0.05) is 12.1 Å². The summed E-state index contributed by atoms with van der Waals surface area (Å²) in [7, 11) is 1.30. The number of fused-ring (bicyclic) bond motifs is 1. The Labute approximate surface area is 140 Å². The number of aryl methyl sites for hydroxylation is 1. The molecule has 2 aromatic rings. The third-order valence-electron chi connectivity index (χ3n) is 3.95. The molecule has 0 bridgehead atoms. The number of nitrogens with one attached hydrogen (secondary N) is 1. The van der Waals surface area contributed by atoms with Crippen LogP contribution in [-0.4, -0.2) is 35.2 Å². The Hall–Kier alpha value is -2.60. The van der Waals surface area contributed by atoms with Gasteiger partial charge in [0.1, 0.15) is 0 Å². The second-order valence-electron chi connectivity index (χ2n) is 5.35. The van der Waals surface area contributed by atoms with Gasteiger partial charge in [-0.2, -0.15) is 0 Å². The Morgan fingerprint density at radius 2 is 2.12 bits per heavy atom. The van der Waals surface area contributed by atoms with Gasteiger partial charge in [0.15, 0.2) is 0 Å². The van der Waals surface area contributed by atoms with E-state index in [1.54, 1.807) is 0 Å². The van der Waals surface area contributed by atoms with Crippen molar-refractivity contribution in [3.05, 3.63) is 47.2 Å². The quantitative estimate of drug-likeness (QED) is 0.626. The fraction of sp³-hybridized carbons (Fsp3) is 0.333. The molecule has 2 N–H and O–H groups in total. The van der Waals surface area contributed by atoms with E-state index < -0.39 is 5.97 Å². The van der Waals surface area contributed by atoms with E-state index in [9.17, 15) is 14.7 Å². The van der Waals surface area contributed by atoms with Crippen LogP contribution in [0.1, 0.15) is 28.5 Å². The molecule has 0 spiro atoms. The summed E-state index contributed by atoms with van der Waals surface area (Å²) in [6.07, 6.45) is 2.81. The van der Waals surface area contributed by atoms with Crippen molar-refractivity contribution in [1.82, 2.24) is 9.88 Å². The van der Waals surface area contributed by atoms with Crippen LogP contribution >= 0.6 is 0 Å². The van der Waals surface area contributed by atoms with Crippen LogP contribution < -0.4 is 5.32 Å². The highest BCUT2D eigenvalue weighted by Gasteiger charge is 2.19.